The fourth-order valence-electron chi connectivity index (χ4n) is 2.81. The molecule has 0 rings (SSSR count). The van der Waals surface area contributed by atoms with Gasteiger partial charge in [0, 0.05) is 13.1 Å². The van der Waals surface area contributed by atoms with Crippen molar-refractivity contribution in [3.05, 3.63) is 0 Å². The summed E-state index contributed by atoms with van der Waals surface area (Å²) in [6.45, 7) is 5.56. The summed E-state index contributed by atoms with van der Waals surface area (Å²) in [5.41, 5.74) is 0. The van der Waals surface area contributed by atoms with Crippen LogP contribution in [0.5, 0.6) is 0 Å². The molecule has 0 aromatic rings. The second-order valence-electron chi connectivity index (χ2n) is 6.89. The fraction of sp³-hybridized carbons (Fsp3) is 1.00. The zero-order valence-corrected chi connectivity index (χ0v) is 17.1. The molecule has 0 aromatic heterocycles. The quantitative estimate of drug-likeness (QED) is 0.306. The Morgan fingerprint density at radius 3 is 1.12 bits per heavy atom. The Kier molecular flexibility index (Phi) is 17.6. The van der Waals surface area contributed by atoms with Crippen molar-refractivity contribution in [2.45, 2.75) is 110 Å². The molecule has 0 unspecified atom stereocenters. The molecular formula is C19H42N2O2S. The van der Waals surface area contributed by atoms with Crippen molar-refractivity contribution in [2.24, 2.45) is 0 Å². The molecule has 2 N–H and O–H groups in total. The van der Waals surface area contributed by atoms with Gasteiger partial charge >= 0.3 is 0 Å². The van der Waals surface area contributed by atoms with Crippen LogP contribution in [0, 0.1) is 0 Å². The molecule has 4 nitrogen and oxygen atoms in total. The summed E-state index contributed by atoms with van der Waals surface area (Å²) in [4.78, 5) is 0. The maximum atomic E-state index is 11.8. The minimum Gasteiger partial charge on any atom is -0.202 e. The van der Waals surface area contributed by atoms with Gasteiger partial charge in [0.25, 0.3) is 10.2 Å². The topological polar surface area (TPSA) is 58.2 Å². The third-order valence-electron chi connectivity index (χ3n) is 4.39. The highest BCUT2D eigenvalue weighted by atomic mass is 32.2. The van der Waals surface area contributed by atoms with Crippen LogP contribution in [-0.4, -0.2) is 21.5 Å². The highest BCUT2D eigenvalue weighted by Gasteiger charge is 2.07. The number of hydrogen-bond acceptors (Lipinski definition) is 2. The first-order valence-electron chi connectivity index (χ1n) is 10.4. The molecule has 5 heteroatoms. The smallest absolute Gasteiger partial charge is 0.202 e. The summed E-state index contributed by atoms with van der Waals surface area (Å²) < 4.78 is 28.9. The molecule has 0 spiro atoms. The van der Waals surface area contributed by atoms with Crippen molar-refractivity contribution in [1.82, 2.24) is 9.44 Å². The highest BCUT2D eigenvalue weighted by Crippen LogP contribution is 2.08. The Morgan fingerprint density at radius 2 is 0.792 bits per heavy atom. The first-order chi connectivity index (χ1) is 11.6. The minimum absolute atomic E-state index is 0.556. The molecule has 0 heterocycles. The van der Waals surface area contributed by atoms with E-state index in [0.29, 0.717) is 13.1 Å². The molecule has 24 heavy (non-hydrogen) atoms. The summed E-state index contributed by atoms with van der Waals surface area (Å²) >= 11 is 0. The highest BCUT2D eigenvalue weighted by molar-refractivity contribution is 7.87. The molecule has 0 aliphatic rings. The monoisotopic (exact) mass is 362 g/mol. The van der Waals surface area contributed by atoms with E-state index < -0.39 is 10.2 Å². The second-order valence-corrected chi connectivity index (χ2v) is 8.47. The van der Waals surface area contributed by atoms with Gasteiger partial charge < -0.3 is 0 Å². The Bertz CT molecular complexity index is 345. The van der Waals surface area contributed by atoms with Crippen LogP contribution in [0.3, 0.4) is 0 Å². The van der Waals surface area contributed by atoms with Crippen molar-refractivity contribution < 1.29 is 8.42 Å². The molecule has 0 fully saturated rings. The average Bonchev–Trinajstić information content (AvgIpc) is 2.55. The Hall–Kier alpha value is -0.130. The maximum absolute atomic E-state index is 11.8. The van der Waals surface area contributed by atoms with Gasteiger partial charge in [0.15, 0.2) is 0 Å². The molecule has 0 bridgehead atoms. The normalized spacial score (nSPS) is 11.9. The molecule has 0 aliphatic heterocycles. The summed E-state index contributed by atoms with van der Waals surface area (Å²) in [7, 11) is -3.29. The van der Waals surface area contributed by atoms with Gasteiger partial charge in [-0.2, -0.15) is 8.42 Å². The van der Waals surface area contributed by atoms with E-state index in [1.54, 1.807) is 0 Å². The first kappa shape index (κ1) is 23.9. The molecule has 0 aliphatic carbocycles. The van der Waals surface area contributed by atoms with E-state index in [1.807, 2.05) is 0 Å². The van der Waals surface area contributed by atoms with E-state index in [1.165, 1.54) is 70.6 Å². The third kappa shape index (κ3) is 18.2. The van der Waals surface area contributed by atoms with Gasteiger partial charge in [-0.15, -0.1) is 0 Å². The van der Waals surface area contributed by atoms with Crippen LogP contribution in [-0.2, 0) is 10.2 Å². The van der Waals surface area contributed by atoms with Crippen LogP contribution in [0.4, 0.5) is 0 Å². The number of unbranched alkanes of at least 4 members (excludes halogenated alkanes) is 13. The lowest BCUT2D eigenvalue weighted by Crippen LogP contribution is -2.37. The van der Waals surface area contributed by atoms with Gasteiger partial charge in [0.2, 0.25) is 0 Å². The van der Waals surface area contributed by atoms with E-state index in [0.717, 1.165) is 25.7 Å². The molecule has 0 radical (unpaired) electrons. The van der Waals surface area contributed by atoms with Gasteiger partial charge in [0.05, 0.1) is 0 Å². The van der Waals surface area contributed by atoms with E-state index in [-0.39, 0.29) is 0 Å². The van der Waals surface area contributed by atoms with E-state index in [2.05, 4.69) is 23.3 Å². The fourth-order valence-corrected chi connectivity index (χ4v) is 3.73. The largest absolute Gasteiger partial charge is 0.276 e. The molecule has 0 aromatic carbocycles. The number of hydrogen-bond donors (Lipinski definition) is 2. The molecule has 0 amide bonds. The summed E-state index contributed by atoms with van der Waals surface area (Å²) in [5, 5.41) is 0. The number of rotatable bonds is 19. The molecule has 146 valence electrons. The van der Waals surface area contributed by atoms with Crippen molar-refractivity contribution in [2.75, 3.05) is 13.1 Å². The van der Waals surface area contributed by atoms with Crippen molar-refractivity contribution in [3.8, 4) is 0 Å². The van der Waals surface area contributed by atoms with E-state index in [9.17, 15) is 8.42 Å². The minimum atomic E-state index is -3.29. The van der Waals surface area contributed by atoms with E-state index >= 15 is 0 Å². The summed E-state index contributed by atoms with van der Waals surface area (Å²) in [6.07, 6.45) is 18.3. The van der Waals surface area contributed by atoms with Crippen molar-refractivity contribution in [3.63, 3.8) is 0 Å². The predicted octanol–water partition coefficient (Wildman–Crippen LogP) is 5.30. The Labute approximate surface area is 151 Å². The van der Waals surface area contributed by atoms with Crippen LogP contribution >= 0.6 is 0 Å². The standard InChI is InChI=1S/C19H42N2O2S/c1-3-5-7-9-11-13-15-17-19-21-24(22,23)20-18-16-14-12-10-8-6-4-2/h20-21H,3-19H2,1-2H3. The molecule has 0 atom stereocenters. The van der Waals surface area contributed by atoms with Crippen LogP contribution in [0.2, 0.25) is 0 Å². The predicted molar refractivity (Wildman–Crippen MR) is 106 cm³/mol. The lowest BCUT2D eigenvalue weighted by atomic mass is 10.1. The third-order valence-corrected chi connectivity index (χ3v) is 5.56. The van der Waals surface area contributed by atoms with Gasteiger partial charge in [-0.1, -0.05) is 97.3 Å². The first-order valence-corrected chi connectivity index (χ1v) is 11.8. The van der Waals surface area contributed by atoms with Crippen LogP contribution in [0.15, 0.2) is 0 Å². The Morgan fingerprint density at radius 1 is 0.500 bits per heavy atom. The summed E-state index contributed by atoms with van der Waals surface area (Å²) in [6, 6.07) is 0. The average molecular weight is 363 g/mol. The second kappa shape index (κ2) is 17.7. The van der Waals surface area contributed by atoms with Gasteiger partial charge in [-0.05, 0) is 12.8 Å². The number of nitrogens with one attached hydrogen (secondary N) is 2. The Balaban J connectivity index is 3.36. The van der Waals surface area contributed by atoms with Crippen LogP contribution in [0.25, 0.3) is 0 Å². The van der Waals surface area contributed by atoms with E-state index in [4.69, 9.17) is 0 Å². The zero-order valence-electron chi connectivity index (χ0n) is 16.2. The lowest BCUT2D eigenvalue weighted by molar-refractivity contribution is 0.543. The molecular weight excluding hydrogens is 320 g/mol. The lowest BCUT2D eigenvalue weighted by Gasteiger charge is -2.08. The SMILES string of the molecule is CCCCCCCCCCNS(=O)(=O)NCCCCCCCCC. The zero-order chi connectivity index (χ0) is 17.9. The molecule has 0 saturated heterocycles. The summed E-state index contributed by atoms with van der Waals surface area (Å²) in [5.74, 6) is 0. The van der Waals surface area contributed by atoms with Gasteiger partial charge in [-0.25, -0.2) is 9.44 Å². The molecule has 0 saturated carbocycles. The van der Waals surface area contributed by atoms with Crippen molar-refractivity contribution >= 4 is 10.2 Å². The van der Waals surface area contributed by atoms with Crippen LogP contribution < -0.4 is 9.44 Å². The van der Waals surface area contributed by atoms with Crippen molar-refractivity contribution in [1.29, 1.82) is 0 Å². The van der Waals surface area contributed by atoms with Crippen LogP contribution in [0.1, 0.15) is 110 Å². The maximum Gasteiger partial charge on any atom is 0.276 e. The van der Waals surface area contributed by atoms with Gasteiger partial charge in [0.1, 0.15) is 0 Å². The van der Waals surface area contributed by atoms with Gasteiger partial charge in [-0.3, -0.25) is 0 Å².